The SMILES string of the molecule is C=C1C(=CC=C2CCC[C@]3(C)C(CC)=CC[C@@H]23)C[C@](O)(OCC(=O)OC(C)(C)CCCCC)CC1O. The smallest absolute Gasteiger partial charge is 0.332 e. The fraction of sp³-hybridized carbons (Fsp3) is 0.710. The van der Waals surface area contributed by atoms with Gasteiger partial charge in [0.05, 0.1) is 6.10 Å². The summed E-state index contributed by atoms with van der Waals surface area (Å²) in [4.78, 5) is 12.5. The third kappa shape index (κ3) is 6.79. The normalized spacial score (nSPS) is 33.1. The molecule has 5 heteroatoms. The van der Waals surface area contributed by atoms with Gasteiger partial charge in [0.2, 0.25) is 0 Å². The van der Waals surface area contributed by atoms with Crippen molar-refractivity contribution in [1.29, 1.82) is 0 Å². The molecule has 0 aromatic heterocycles. The molecular weight excluding hydrogens is 452 g/mol. The van der Waals surface area contributed by atoms with Crippen LogP contribution in [0.25, 0.3) is 0 Å². The number of carbonyl (C=O) groups is 1. The summed E-state index contributed by atoms with van der Waals surface area (Å²) in [5, 5.41) is 21.8. The average Bonchev–Trinajstić information content (AvgIpc) is 3.15. The van der Waals surface area contributed by atoms with Crippen molar-refractivity contribution in [3.05, 3.63) is 47.1 Å². The number of esters is 1. The number of aliphatic hydroxyl groups excluding tert-OH is 1. The number of rotatable bonds is 10. The van der Waals surface area contributed by atoms with E-state index in [1.165, 1.54) is 18.4 Å². The fourth-order valence-electron chi connectivity index (χ4n) is 6.44. The zero-order valence-electron chi connectivity index (χ0n) is 23.2. The number of hydrogen-bond acceptors (Lipinski definition) is 5. The lowest BCUT2D eigenvalue weighted by atomic mass is 9.64. The number of allylic oxidation sites excluding steroid dienone is 5. The van der Waals surface area contributed by atoms with Crippen molar-refractivity contribution in [3.63, 3.8) is 0 Å². The van der Waals surface area contributed by atoms with E-state index in [0.717, 1.165) is 50.5 Å². The van der Waals surface area contributed by atoms with Crippen LogP contribution < -0.4 is 0 Å². The maximum atomic E-state index is 12.5. The van der Waals surface area contributed by atoms with Crippen LogP contribution in [0, 0.1) is 11.3 Å². The lowest BCUT2D eigenvalue weighted by Gasteiger charge is -2.41. The average molecular weight is 501 g/mol. The molecule has 0 aliphatic heterocycles. The Morgan fingerprint density at radius 2 is 2.03 bits per heavy atom. The monoisotopic (exact) mass is 500 g/mol. The first-order valence-corrected chi connectivity index (χ1v) is 14.0. The third-order valence-electron chi connectivity index (χ3n) is 8.62. The Hall–Kier alpha value is -1.69. The molecule has 36 heavy (non-hydrogen) atoms. The molecular formula is C31H48O5. The van der Waals surface area contributed by atoms with Gasteiger partial charge in [0, 0.05) is 12.8 Å². The highest BCUT2D eigenvalue weighted by Gasteiger charge is 2.44. The molecule has 202 valence electrons. The van der Waals surface area contributed by atoms with Gasteiger partial charge in [-0.3, -0.25) is 0 Å². The van der Waals surface area contributed by atoms with Crippen LogP contribution in [0.5, 0.6) is 0 Å². The summed E-state index contributed by atoms with van der Waals surface area (Å²) in [6.07, 6.45) is 15.5. The number of ether oxygens (including phenoxy) is 2. The zero-order valence-corrected chi connectivity index (χ0v) is 23.2. The van der Waals surface area contributed by atoms with Crippen LogP contribution in [0.2, 0.25) is 0 Å². The molecule has 3 aliphatic carbocycles. The number of hydrogen-bond donors (Lipinski definition) is 2. The number of unbranched alkanes of at least 4 members (excludes halogenated alkanes) is 2. The van der Waals surface area contributed by atoms with E-state index in [-0.39, 0.29) is 24.9 Å². The van der Waals surface area contributed by atoms with Crippen molar-refractivity contribution in [2.45, 2.75) is 123 Å². The molecule has 4 atom stereocenters. The summed E-state index contributed by atoms with van der Waals surface area (Å²) >= 11 is 0. The quantitative estimate of drug-likeness (QED) is 0.151. The zero-order chi connectivity index (χ0) is 26.6. The summed E-state index contributed by atoms with van der Waals surface area (Å²) < 4.78 is 11.3. The van der Waals surface area contributed by atoms with Gasteiger partial charge in [-0.1, -0.05) is 69.6 Å². The summed E-state index contributed by atoms with van der Waals surface area (Å²) in [5.41, 5.74) is 4.06. The largest absolute Gasteiger partial charge is 0.458 e. The minimum atomic E-state index is -1.64. The van der Waals surface area contributed by atoms with Gasteiger partial charge in [-0.25, -0.2) is 4.79 Å². The van der Waals surface area contributed by atoms with Crippen molar-refractivity contribution in [2.75, 3.05) is 6.61 Å². The molecule has 0 heterocycles. The Kier molecular flexibility index (Phi) is 9.46. The van der Waals surface area contributed by atoms with Gasteiger partial charge in [-0.2, -0.15) is 0 Å². The third-order valence-corrected chi connectivity index (χ3v) is 8.62. The number of aliphatic hydroxyl groups is 2. The van der Waals surface area contributed by atoms with Crippen molar-refractivity contribution < 1.29 is 24.5 Å². The van der Waals surface area contributed by atoms with Gasteiger partial charge in [-0.05, 0) is 81.3 Å². The highest BCUT2D eigenvalue weighted by Crippen LogP contribution is 2.55. The van der Waals surface area contributed by atoms with E-state index in [9.17, 15) is 15.0 Å². The molecule has 0 bridgehead atoms. The van der Waals surface area contributed by atoms with Crippen LogP contribution in [0.1, 0.15) is 105 Å². The number of carbonyl (C=O) groups excluding carboxylic acids is 1. The van der Waals surface area contributed by atoms with Crippen LogP contribution >= 0.6 is 0 Å². The van der Waals surface area contributed by atoms with Crippen LogP contribution in [0.15, 0.2) is 47.1 Å². The summed E-state index contributed by atoms with van der Waals surface area (Å²) in [6.45, 7) is 14.3. The lowest BCUT2D eigenvalue weighted by Crippen LogP contribution is -2.43. The molecule has 0 saturated heterocycles. The van der Waals surface area contributed by atoms with Gasteiger partial charge in [0.15, 0.2) is 5.79 Å². The highest BCUT2D eigenvalue weighted by atomic mass is 16.6. The van der Waals surface area contributed by atoms with Gasteiger partial charge < -0.3 is 19.7 Å². The van der Waals surface area contributed by atoms with Crippen LogP contribution in [0.3, 0.4) is 0 Å². The Bertz CT molecular complexity index is 910. The number of fused-ring (bicyclic) bond motifs is 1. The second-order valence-electron chi connectivity index (χ2n) is 11.9. The maximum Gasteiger partial charge on any atom is 0.332 e. The van der Waals surface area contributed by atoms with Gasteiger partial charge in [-0.15, -0.1) is 0 Å². The molecule has 0 radical (unpaired) electrons. The van der Waals surface area contributed by atoms with E-state index in [1.807, 2.05) is 19.9 Å². The van der Waals surface area contributed by atoms with E-state index < -0.39 is 23.5 Å². The molecule has 0 amide bonds. The van der Waals surface area contributed by atoms with E-state index >= 15 is 0 Å². The van der Waals surface area contributed by atoms with Gasteiger partial charge in [0.1, 0.15) is 12.2 Å². The van der Waals surface area contributed by atoms with Gasteiger partial charge in [0.25, 0.3) is 0 Å². The van der Waals surface area contributed by atoms with Crippen molar-refractivity contribution >= 4 is 5.97 Å². The Balaban J connectivity index is 1.65. The Labute approximate surface area is 218 Å². The molecule has 2 saturated carbocycles. The summed E-state index contributed by atoms with van der Waals surface area (Å²) in [5.74, 6) is -1.62. The van der Waals surface area contributed by atoms with Crippen molar-refractivity contribution in [1.82, 2.24) is 0 Å². The minimum absolute atomic E-state index is 0.0165. The predicted octanol–water partition coefficient (Wildman–Crippen LogP) is 6.70. The summed E-state index contributed by atoms with van der Waals surface area (Å²) in [7, 11) is 0. The molecule has 2 N–H and O–H groups in total. The molecule has 5 nitrogen and oxygen atoms in total. The molecule has 0 aromatic rings. The minimum Gasteiger partial charge on any atom is -0.458 e. The van der Waals surface area contributed by atoms with Gasteiger partial charge >= 0.3 is 5.97 Å². The highest BCUT2D eigenvalue weighted by molar-refractivity contribution is 5.71. The second-order valence-corrected chi connectivity index (χ2v) is 11.9. The predicted molar refractivity (Wildman–Crippen MR) is 144 cm³/mol. The Morgan fingerprint density at radius 3 is 2.72 bits per heavy atom. The van der Waals surface area contributed by atoms with E-state index in [4.69, 9.17) is 9.47 Å². The molecule has 0 aromatic carbocycles. The first kappa shape index (κ1) is 28.9. The van der Waals surface area contributed by atoms with Crippen molar-refractivity contribution in [3.8, 4) is 0 Å². The first-order chi connectivity index (χ1) is 16.9. The first-order valence-electron chi connectivity index (χ1n) is 14.0. The molecule has 0 spiro atoms. The molecule has 3 aliphatic rings. The van der Waals surface area contributed by atoms with Crippen LogP contribution in [-0.4, -0.2) is 40.3 Å². The maximum absolute atomic E-state index is 12.5. The summed E-state index contributed by atoms with van der Waals surface area (Å²) in [6, 6.07) is 0. The fourth-order valence-corrected chi connectivity index (χ4v) is 6.44. The van der Waals surface area contributed by atoms with E-state index in [2.05, 4.69) is 39.5 Å². The molecule has 3 rings (SSSR count). The van der Waals surface area contributed by atoms with Crippen molar-refractivity contribution in [2.24, 2.45) is 11.3 Å². The van der Waals surface area contributed by atoms with Crippen LogP contribution in [-0.2, 0) is 14.3 Å². The van der Waals surface area contributed by atoms with E-state index in [0.29, 0.717) is 11.5 Å². The standard InChI is InChI=1S/C31H48O5/c1-7-9-10-17-29(4,5)36-28(33)21-35-31(34)19-24(22(3)27(32)20-31)14-13-23-12-11-18-30(6)25(8-2)15-16-26(23)30/h13-15,26-27,32,34H,3,7-12,16-21H2,1-2,4-6H3/t26-,27?,30+,31-/m0/s1. The molecule has 2 fully saturated rings. The second kappa shape index (κ2) is 11.8. The van der Waals surface area contributed by atoms with E-state index in [1.54, 1.807) is 5.57 Å². The van der Waals surface area contributed by atoms with Crippen LogP contribution in [0.4, 0.5) is 0 Å². The lowest BCUT2D eigenvalue weighted by molar-refractivity contribution is -0.228. The Morgan fingerprint density at radius 1 is 1.28 bits per heavy atom. The topological polar surface area (TPSA) is 76.0 Å². The molecule has 1 unspecified atom stereocenters.